The Morgan fingerprint density at radius 2 is 1.75 bits per heavy atom. The molecule has 12 heavy (non-hydrogen) atoms. The average Bonchev–Trinajstić information content (AvgIpc) is 1.52. The van der Waals surface area contributed by atoms with E-state index in [1.54, 1.807) is 6.92 Å². The van der Waals surface area contributed by atoms with Crippen LogP contribution in [0, 0.1) is 6.92 Å². The van der Waals surface area contributed by atoms with E-state index < -0.39 is 11.2 Å². The molecule has 0 rings (SSSR count). The maximum atomic E-state index is 8.68. The minimum Gasteiger partial charge on any atom is -0.393 e. The first kappa shape index (κ1) is 14.7. The van der Waals surface area contributed by atoms with Crippen LogP contribution in [0.15, 0.2) is 0 Å². The number of hydrogen-bond donors (Lipinski definition) is 2. The third kappa shape index (κ3) is 32.0. The summed E-state index contributed by atoms with van der Waals surface area (Å²) in [6, 6.07) is 0. The van der Waals surface area contributed by atoms with Crippen LogP contribution in [0.4, 0.5) is 0 Å². The molecule has 75 valence electrons. The number of nitrogens with zero attached hydrogens (tertiary/aromatic N) is 1. The standard InChI is InChI=1S/C5H10ClO2.C3H9N/c1-4(7)3-5(2,6)8;1-4(2)3/h4,7-8H,2-3H2,1H3;1-3H3. The van der Waals surface area contributed by atoms with Crippen LogP contribution in [-0.2, 0) is 0 Å². The maximum absolute atomic E-state index is 8.68. The van der Waals surface area contributed by atoms with Gasteiger partial charge >= 0.3 is 0 Å². The van der Waals surface area contributed by atoms with Crippen LogP contribution in [-0.4, -0.2) is 47.4 Å². The van der Waals surface area contributed by atoms with Gasteiger partial charge in [-0.1, -0.05) is 11.6 Å². The Kier molecular flexibility index (Phi) is 8.15. The third-order valence-corrected chi connectivity index (χ3v) is 0.762. The Hall–Kier alpha value is 0.170. The van der Waals surface area contributed by atoms with Crippen LogP contribution in [0.1, 0.15) is 13.3 Å². The number of aliphatic hydroxyl groups is 2. The first-order valence-electron chi connectivity index (χ1n) is 3.71. The molecule has 1 radical (unpaired) electrons. The van der Waals surface area contributed by atoms with E-state index in [1.165, 1.54) is 0 Å². The Morgan fingerprint density at radius 1 is 1.50 bits per heavy atom. The van der Waals surface area contributed by atoms with Gasteiger partial charge in [-0.2, -0.15) is 0 Å². The van der Waals surface area contributed by atoms with Crippen molar-refractivity contribution in [1.82, 2.24) is 4.90 Å². The molecule has 0 amide bonds. The maximum Gasteiger partial charge on any atom is 0.141 e. The highest BCUT2D eigenvalue weighted by Gasteiger charge is 2.17. The summed E-state index contributed by atoms with van der Waals surface area (Å²) in [6.45, 7) is 4.71. The SMILES string of the molecule is CN(C)C.[CH2]C(O)(Cl)CC(C)O. The van der Waals surface area contributed by atoms with Gasteiger partial charge < -0.3 is 15.1 Å². The van der Waals surface area contributed by atoms with Crippen molar-refractivity contribution in [3.8, 4) is 0 Å². The van der Waals surface area contributed by atoms with Crippen molar-refractivity contribution < 1.29 is 10.2 Å². The lowest BCUT2D eigenvalue weighted by Crippen LogP contribution is -2.21. The zero-order valence-corrected chi connectivity index (χ0v) is 8.97. The summed E-state index contributed by atoms with van der Waals surface area (Å²) in [5.74, 6) is 0. The van der Waals surface area contributed by atoms with Crippen LogP contribution >= 0.6 is 11.6 Å². The molecule has 0 saturated carbocycles. The number of halogens is 1. The number of rotatable bonds is 2. The minimum atomic E-state index is -1.51. The minimum absolute atomic E-state index is 0.0918. The summed E-state index contributed by atoms with van der Waals surface area (Å²) in [6.07, 6.45) is -0.510. The summed E-state index contributed by atoms with van der Waals surface area (Å²) >= 11 is 5.21. The van der Waals surface area contributed by atoms with Crippen LogP contribution < -0.4 is 0 Å². The van der Waals surface area contributed by atoms with E-state index in [9.17, 15) is 0 Å². The van der Waals surface area contributed by atoms with Gasteiger partial charge in [0.15, 0.2) is 0 Å². The molecule has 0 aromatic carbocycles. The van der Waals surface area contributed by atoms with E-state index in [1.807, 2.05) is 26.0 Å². The summed E-state index contributed by atoms with van der Waals surface area (Å²) in [5, 5.41) is 15.8. The lowest BCUT2D eigenvalue weighted by Gasteiger charge is -2.14. The molecule has 0 aliphatic rings. The first-order chi connectivity index (χ1) is 5.15. The molecule has 2 atom stereocenters. The fraction of sp³-hybridized carbons (Fsp3) is 0.875. The molecule has 0 bridgehead atoms. The molecular formula is C8H19ClNO2. The van der Waals surface area contributed by atoms with E-state index in [4.69, 9.17) is 21.8 Å². The normalized spacial score (nSPS) is 17.8. The second-order valence-corrected chi connectivity index (χ2v) is 4.02. The van der Waals surface area contributed by atoms with Gasteiger partial charge in [0.1, 0.15) is 5.06 Å². The molecule has 0 fully saturated rings. The predicted molar refractivity (Wildman–Crippen MR) is 52.1 cm³/mol. The van der Waals surface area contributed by atoms with Crippen LogP contribution in [0.3, 0.4) is 0 Å². The first-order valence-corrected chi connectivity index (χ1v) is 4.08. The van der Waals surface area contributed by atoms with Gasteiger partial charge in [-0.15, -0.1) is 0 Å². The highest BCUT2D eigenvalue weighted by atomic mass is 35.5. The van der Waals surface area contributed by atoms with Crippen LogP contribution in [0.25, 0.3) is 0 Å². The van der Waals surface area contributed by atoms with Crippen LogP contribution in [0.5, 0.6) is 0 Å². The average molecular weight is 197 g/mol. The molecule has 0 spiro atoms. The van der Waals surface area contributed by atoms with E-state index >= 15 is 0 Å². The monoisotopic (exact) mass is 196 g/mol. The second-order valence-electron chi connectivity index (χ2n) is 3.31. The molecule has 0 aliphatic carbocycles. The summed E-state index contributed by atoms with van der Waals surface area (Å²) in [5.41, 5.74) is 0. The van der Waals surface area contributed by atoms with E-state index in [0.717, 1.165) is 0 Å². The van der Waals surface area contributed by atoms with Crippen molar-refractivity contribution in [2.45, 2.75) is 24.5 Å². The van der Waals surface area contributed by atoms with Gasteiger partial charge in [0.25, 0.3) is 0 Å². The predicted octanol–water partition coefficient (Wildman–Crippen LogP) is 0.697. The molecule has 2 unspecified atom stereocenters. The van der Waals surface area contributed by atoms with Crippen molar-refractivity contribution >= 4 is 11.6 Å². The van der Waals surface area contributed by atoms with Gasteiger partial charge in [0.05, 0.1) is 6.10 Å². The number of alkyl halides is 1. The van der Waals surface area contributed by atoms with E-state index in [0.29, 0.717) is 0 Å². The van der Waals surface area contributed by atoms with Crippen molar-refractivity contribution in [2.24, 2.45) is 0 Å². The van der Waals surface area contributed by atoms with Gasteiger partial charge in [-0.25, -0.2) is 0 Å². The highest BCUT2D eigenvalue weighted by Crippen LogP contribution is 2.15. The molecule has 0 heterocycles. The molecule has 0 saturated heterocycles. The van der Waals surface area contributed by atoms with Crippen molar-refractivity contribution in [2.75, 3.05) is 21.1 Å². The van der Waals surface area contributed by atoms with Crippen molar-refractivity contribution in [1.29, 1.82) is 0 Å². The quantitative estimate of drug-likeness (QED) is 0.639. The lowest BCUT2D eigenvalue weighted by molar-refractivity contribution is 0.0900. The number of aliphatic hydroxyl groups excluding tert-OH is 1. The zero-order valence-electron chi connectivity index (χ0n) is 8.21. The fourth-order valence-electron chi connectivity index (χ4n) is 0.453. The lowest BCUT2D eigenvalue weighted by atomic mass is 10.2. The summed E-state index contributed by atoms with van der Waals surface area (Å²) in [4.78, 5) is 2.00. The summed E-state index contributed by atoms with van der Waals surface area (Å²) < 4.78 is 0. The van der Waals surface area contributed by atoms with Gasteiger partial charge in [-0.3, -0.25) is 0 Å². The second kappa shape index (κ2) is 6.66. The Labute approximate surface area is 80.0 Å². The smallest absolute Gasteiger partial charge is 0.141 e. The summed E-state index contributed by atoms with van der Waals surface area (Å²) in [7, 11) is 6.00. The highest BCUT2D eigenvalue weighted by molar-refractivity contribution is 6.23. The number of hydrogen-bond acceptors (Lipinski definition) is 3. The molecule has 0 aromatic rings. The Morgan fingerprint density at radius 3 is 1.75 bits per heavy atom. The molecule has 0 aliphatic heterocycles. The molecular weight excluding hydrogens is 178 g/mol. The van der Waals surface area contributed by atoms with E-state index in [2.05, 4.69) is 6.92 Å². The van der Waals surface area contributed by atoms with Gasteiger partial charge in [0.2, 0.25) is 0 Å². The van der Waals surface area contributed by atoms with Crippen LogP contribution in [0.2, 0.25) is 0 Å². The molecule has 2 N–H and O–H groups in total. The molecule has 4 heteroatoms. The van der Waals surface area contributed by atoms with Gasteiger partial charge in [-0.05, 0) is 35.0 Å². The largest absolute Gasteiger partial charge is 0.393 e. The molecule has 3 nitrogen and oxygen atoms in total. The van der Waals surface area contributed by atoms with Gasteiger partial charge in [0, 0.05) is 6.42 Å². The van der Waals surface area contributed by atoms with Crippen molar-refractivity contribution in [3.05, 3.63) is 6.92 Å². The van der Waals surface area contributed by atoms with Crippen molar-refractivity contribution in [3.63, 3.8) is 0 Å². The van der Waals surface area contributed by atoms with E-state index in [-0.39, 0.29) is 6.42 Å². The zero-order chi connectivity index (χ0) is 10.4. The Bertz CT molecular complexity index is 97.0. The fourth-order valence-corrected chi connectivity index (χ4v) is 0.676. The topological polar surface area (TPSA) is 43.7 Å². The molecule has 0 aromatic heterocycles. The Balaban J connectivity index is 0. The third-order valence-electron chi connectivity index (χ3n) is 0.608.